The number of rotatable bonds is 0. The highest BCUT2D eigenvalue weighted by atomic mass is 14.1. The average molecular weight is 236 g/mol. The van der Waals surface area contributed by atoms with E-state index in [9.17, 15) is 0 Å². The van der Waals surface area contributed by atoms with E-state index in [0.717, 1.165) is 12.8 Å². The van der Waals surface area contributed by atoms with Crippen LogP contribution < -0.4 is 0 Å². The summed E-state index contributed by atoms with van der Waals surface area (Å²) in [5.41, 5.74) is 8.90. The van der Waals surface area contributed by atoms with Crippen molar-refractivity contribution in [3.63, 3.8) is 0 Å². The summed E-state index contributed by atoms with van der Waals surface area (Å²) in [6.45, 7) is 4.46. The molecule has 2 aromatic rings. The lowest BCUT2D eigenvalue weighted by Crippen LogP contribution is -2.02. The van der Waals surface area contributed by atoms with Crippen LogP contribution in [-0.2, 0) is 25.7 Å². The van der Waals surface area contributed by atoms with Gasteiger partial charge in [-0.1, -0.05) is 36.4 Å². The first-order chi connectivity index (χ1) is 8.72. The third kappa shape index (κ3) is 2.20. The van der Waals surface area contributed by atoms with Crippen LogP contribution in [0.4, 0.5) is 0 Å². The minimum Gasteiger partial charge on any atom is -0.0588 e. The Morgan fingerprint density at radius 2 is 1.06 bits per heavy atom. The molecule has 2 aromatic carbocycles. The van der Waals surface area contributed by atoms with Crippen molar-refractivity contribution in [2.24, 2.45) is 0 Å². The van der Waals surface area contributed by atoms with Gasteiger partial charge in [0.15, 0.2) is 0 Å². The Labute approximate surface area is 110 Å². The number of benzene rings is 2. The van der Waals surface area contributed by atoms with Crippen molar-refractivity contribution >= 4 is 0 Å². The zero-order chi connectivity index (χ0) is 12.5. The van der Waals surface area contributed by atoms with Crippen LogP contribution in [0.25, 0.3) is 0 Å². The molecule has 0 heteroatoms. The second-order valence-corrected chi connectivity index (χ2v) is 5.52. The predicted octanol–water partition coefficient (Wildman–Crippen LogP) is 4.19. The Bertz CT molecular complexity index is 525. The minimum absolute atomic E-state index is 1.16. The standard InChI is InChI=1S/C18H20/c1-13-3-5-15-8-10-18-12-16(6-4-14(18)2)7-9-17(13)11-15/h3-6,11-12H,7-10H2,1-2H3. The molecular weight excluding hydrogens is 216 g/mol. The molecule has 0 saturated heterocycles. The number of fused-ring (bicyclic) bond motifs is 4. The molecule has 0 amide bonds. The van der Waals surface area contributed by atoms with Crippen LogP contribution in [0.1, 0.15) is 33.4 Å². The normalized spacial score (nSPS) is 14.3. The summed E-state index contributed by atoms with van der Waals surface area (Å²) >= 11 is 0. The molecule has 92 valence electrons. The molecule has 0 fully saturated rings. The van der Waals surface area contributed by atoms with Crippen LogP contribution in [0, 0.1) is 13.8 Å². The van der Waals surface area contributed by atoms with Gasteiger partial charge in [-0.05, 0) is 72.9 Å². The lowest BCUT2D eigenvalue weighted by atomic mass is 9.91. The molecule has 18 heavy (non-hydrogen) atoms. The van der Waals surface area contributed by atoms with Gasteiger partial charge in [-0.2, -0.15) is 0 Å². The van der Waals surface area contributed by atoms with Crippen molar-refractivity contribution < 1.29 is 0 Å². The predicted molar refractivity (Wildman–Crippen MR) is 77.2 cm³/mol. The van der Waals surface area contributed by atoms with E-state index in [1.165, 1.54) is 46.2 Å². The van der Waals surface area contributed by atoms with Crippen LogP contribution in [-0.4, -0.2) is 0 Å². The molecule has 0 saturated carbocycles. The van der Waals surface area contributed by atoms with Gasteiger partial charge >= 0.3 is 0 Å². The summed E-state index contributed by atoms with van der Waals surface area (Å²) in [6.07, 6.45) is 4.67. The van der Waals surface area contributed by atoms with E-state index in [1.807, 2.05) is 0 Å². The molecule has 0 spiro atoms. The lowest BCUT2D eigenvalue weighted by molar-refractivity contribution is 0.891. The van der Waals surface area contributed by atoms with Crippen LogP contribution in [0.3, 0.4) is 0 Å². The van der Waals surface area contributed by atoms with Crippen molar-refractivity contribution in [3.05, 3.63) is 69.8 Å². The van der Waals surface area contributed by atoms with Crippen molar-refractivity contribution in [1.82, 2.24) is 0 Å². The molecule has 0 aromatic heterocycles. The van der Waals surface area contributed by atoms with Crippen LogP contribution in [0.5, 0.6) is 0 Å². The summed E-state index contributed by atoms with van der Waals surface area (Å²) < 4.78 is 0. The van der Waals surface area contributed by atoms with Gasteiger partial charge in [-0.15, -0.1) is 0 Å². The van der Waals surface area contributed by atoms with E-state index in [2.05, 4.69) is 50.2 Å². The topological polar surface area (TPSA) is 0 Å². The third-order valence-electron chi connectivity index (χ3n) is 4.19. The highest BCUT2D eigenvalue weighted by Gasteiger charge is 2.07. The van der Waals surface area contributed by atoms with E-state index < -0.39 is 0 Å². The van der Waals surface area contributed by atoms with E-state index in [1.54, 1.807) is 0 Å². The van der Waals surface area contributed by atoms with Crippen molar-refractivity contribution in [2.45, 2.75) is 39.5 Å². The quantitative estimate of drug-likeness (QED) is 0.643. The minimum atomic E-state index is 1.16. The van der Waals surface area contributed by atoms with Gasteiger partial charge in [0.1, 0.15) is 0 Å². The molecule has 0 unspecified atom stereocenters. The molecule has 0 heterocycles. The van der Waals surface area contributed by atoms with Crippen LogP contribution >= 0.6 is 0 Å². The molecule has 0 aliphatic heterocycles. The van der Waals surface area contributed by atoms with Gasteiger partial charge in [0, 0.05) is 0 Å². The molecule has 4 bridgehead atoms. The highest BCUT2D eigenvalue weighted by Crippen LogP contribution is 2.21. The third-order valence-corrected chi connectivity index (χ3v) is 4.19. The molecule has 3 rings (SSSR count). The summed E-state index contributed by atoms with van der Waals surface area (Å²) in [5, 5.41) is 0. The monoisotopic (exact) mass is 236 g/mol. The Hall–Kier alpha value is -1.56. The SMILES string of the molecule is Cc1ccc2cc1CCc1ccc(C)c(c1)CC2. The fourth-order valence-electron chi connectivity index (χ4n) is 2.86. The van der Waals surface area contributed by atoms with Crippen LogP contribution in [0.2, 0.25) is 0 Å². The van der Waals surface area contributed by atoms with E-state index >= 15 is 0 Å². The van der Waals surface area contributed by atoms with Crippen molar-refractivity contribution in [1.29, 1.82) is 0 Å². The molecule has 1 aliphatic rings. The van der Waals surface area contributed by atoms with Gasteiger partial charge in [0.25, 0.3) is 0 Å². The maximum atomic E-state index is 2.41. The Morgan fingerprint density at radius 3 is 1.50 bits per heavy atom. The Kier molecular flexibility index (Phi) is 2.95. The number of hydrogen-bond acceptors (Lipinski definition) is 0. The zero-order valence-corrected chi connectivity index (χ0v) is 11.3. The molecular formula is C18H20. The fourth-order valence-corrected chi connectivity index (χ4v) is 2.86. The number of hydrogen-bond donors (Lipinski definition) is 0. The molecule has 1 aliphatic carbocycles. The largest absolute Gasteiger partial charge is 0.0588 e. The maximum absolute atomic E-state index is 2.41. The summed E-state index contributed by atoms with van der Waals surface area (Å²) in [6, 6.07) is 14.0. The Morgan fingerprint density at radius 1 is 0.611 bits per heavy atom. The van der Waals surface area contributed by atoms with Gasteiger partial charge in [0.05, 0.1) is 0 Å². The van der Waals surface area contributed by atoms with Gasteiger partial charge < -0.3 is 0 Å². The lowest BCUT2D eigenvalue weighted by Gasteiger charge is -2.14. The first-order valence-corrected chi connectivity index (χ1v) is 6.89. The van der Waals surface area contributed by atoms with E-state index in [-0.39, 0.29) is 0 Å². The summed E-state index contributed by atoms with van der Waals surface area (Å²) in [7, 11) is 0. The van der Waals surface area contributed by atoms with Gasteiger partial charge in [0.2, 0.25) is 0 Å². The molecule has 0 N–H and O–H groups in total. The summed E-state index contributed by atoms with van der Waals surface area (Å²) in [4.78, 5) is 0. The second kappa shape index (κ2) is 4.61. The van der Waals surface area contributed by atoms with Crippen LogP contribution in [0.15, 0.2) is 36.4 Å². The van der Waals surface area contributed by atoms with Crippen molar-refractivity contribution in [2.75, 3.05) is 0 Å². The zero-order valence-electron chi connectivity index (χ0n) is 11.3. The average Bonchev–Trinajstić information content (AvgIpc) is 2.38. The van der Waals surface area contributed by atoms with E-state index in [4.69, 9.17) is 0 Å². The second-order valence-electron chi connectivity index (χ2n) is 5.52. The van der Waals surface area contributed by atoms with Crippen molar-refractivity contribution in [3.8, 4) is 0 Å². The van der Waals surface area contributed by atoms with Gasteiger partial charge in [-0.3, -0.25) is 0 Å². The van der Waals surface area contributed by atoms with E-state index in [0.29, 0.717) is 0 Å². The van der Waals surface area contributed by atoms with Gasteiger partial charge in [-0.25, -0.2) is 0 Å². The molecule has 0 radical (unpaired) electrons. The molecule has 0 atom stereocenters. The first-order valence-electron chi connectivity index (χ1n) is 6.89. The smallest absolute Gasteiger partial charge is 0.0236 e. The first kappa shape index (κ1) is 11.5. The highest BCUT2D eigenvalue weighted by molar-refractivity contribution is 5.37. The summed E-state index contributed by atoms with van der Waals surface area (Å²) in [5.74, 6) is 0. The fraction of sp³-hybridized carbons (Fsp3) is 0.333. The molecule has 0 nitrogen and oxygen atoms in total. The number of aryl methyl sites for hydroxylation is 6. The maximum Gasteiger partial charge on any atom is -0.0236 e. The Balaban J connectivity index is 2.01.